The predicted molar refractivity (Wildman–Crippen MR) is 41.0 cm³/mol. The van der Waals surface area contributed by atoms with Gasteiger partial charge in [-0.1, -0.05) is 27.7 Å². The van der Waals surface area contributed by atoms with Crippen LogP contribution in [0.4, 0.5) is 0 Å². The average Bonchev–Trinajstić information content (AvgIpc) is 1.98. The molecule has 0 saturated carbocycles. The van der Waals surface area contributed by atoms with E-state index in [1.54, 1.807) is 0 Å². The summed E-state index contributed by atoms with van der Waals surface area (Å²) in [6.45, 7) is 8.68. The fourth-order valence-corrected chi connectivity index (χ4v) is 1.13. The zero-order valence-electron chi connectivity index (χ0n) is 7.58. The quantitative estimate of drug-likeness (QED) is 0.345. The molecule has 0 amide bonds. The molecule has 1 rings (SSSR count). The van der Waals surface area contributed by atoms with Crippen molar-refractivity contribution in [2.45, 2.75) is 27.7 Å². The SMILES string of the molecule is Cc1[cH-]c(C)c(C)c1C.[Na+]. The monoisotopic (exact) mass is 144 g/mol. The third kappa shape index (κ3) is 1.69. The molecule has 0 aromatic heterocycles. The van der Waals surface area contributed by atoms with Gasteiger partial charge in [-0.2, -0.15) is 28.3 Å². The zero-order chi connectivity index (χ0) is 7.02. The molecule has 1 heteroatoms. The van der Waals surface area contributed by atoms with Crippen LogP contribution >= 0.6 is 0 Å². The predicted octanol–water partition coefficient (Wildman–Crippen LogP) is -0.357. The number of aryl methyl sites for hydroxylation is 2. The maximum Gasteiger partial charge on any atom is 1.00 e. The van der Waals surface area contributed by atoms with Gasteiger partial charge in [0.2, 0.25) is 0 Å². The standard InChI is InChI=1S/C9H13.Na/c1-6-5-7(2)9(4)8(6)3;/h5H,1-4H3;/q-1;+1. The Morgan fingerprint density at radius 2 is 1.10 bits per heavy atom. The second-order valence-corrected chi connectivity index (χ2v) is 2.76. The Labute approximate surface area is 85.3 Å². The second kappa shape index (κ2) is 3.66. The van der Waals surface area contributed by atoms with Crippen LogP contribution in [-0.4, -0.2) is 0 Å². The molecule has 0 aliphatic carbocycles. The smallest absolute Gasteiger partial charge is 0.196 e. The van der Waals surface area contributed by atoms with Gasteiger partial charge >= 0.3 is 29.6 Å². The second-order valence-electron chi connectivity index (χ2n) is 2.76. The molecule has 0 aliphatic rings. The van der Waals surface area contributed by atoms with E-state index in [-0.39, 0.29) is 29.6 Å². The molecule has 0 radical (unpaired) electrons. The van der Waals surface area contributed by atoms with Gasteiger partial charge in [0, 0.05) is 0 Å². The minimum atomic E-state index is 0. The largest absolute Gasteiger partial charge is 1.00 e. The summed E-state index contributed by atoms with van der Waals surface area (Å²) < 4.78 is 0. The Morgan fingerprint density at radius 1 is 0.800 bits per heavy atom. The van der Waals surface area contributed by atoms with E-state index in [0.29, 0.717) is 0 Å². The molecule has 0 fully saturated rings. The van der Waals surface area contributed by atoms with E-state index in [2.05, 4.69) is 33.8 Å². The summed E-state index contributed by atoms with van der Waals surface area (Å²) in [5.41, 5.74) is 5.75. The molecule has 0 bridgehead atoms. The van der Waals surface area contributed by atoms with Crippen LogP contribution in [-0.2, 0) is 0 Å². The molecule has 0 unspecified atom stereocenters. The molecule has 0 N–H and O–H groups in total. The van der Waals surface area contributed by atoms with Gasteiger partial charge in [-0.15, -0.1) is 0 Å². The van der Waals surface area contributed by atoms with Crippen LogP contribution < -0.4 is 29.6 Å². The maximum absolute atomic E-state index is 2.24. The third-order valence-electron chi connectivity index (χ3n) is 2.18. The topological polar surface area (TPSA) is 0 Å². The van der Waals surface area contributed by atoms with Gasteiger partial charge in [0.05, 0.1) is 0 Å². The maximum atomic E-state index is 2.24. The summed E-state index contributed by atoms with van der Waals surface area (Å²) in [5, 5.41) is 0. The molecule has 0 nitrogen and oxygen atoms in total. The number of rotatable bonds is 0. The molecule has 0 saturated heterocycles. The molecular formula is C9H13Na. The first-order valence-corrected chi connectivity index (χ1v) is 3.33. The minimum absolute atomic E-state index is 0. The van der Waals surface area contributed by atoms with Gasteiger partial charge in [-0.3, -0.25) is 0 Å². The van der Waals surface area contributed by atoms with Crippen molar-refractivity contribution in [3.63, 3.8) is 0 Å². The first-order valence-electron chi connectivity index (χ1n) is 3.33. The summed E-state index contributed by atoms with van der Waals surface area (Å²) in [7, 11) is 0. The normalized spacial score (nSPS) is 9.20. The Kier molecular flexibility index (Phi) is 3.79. The summed E-state index contributed by atoms with van der Waals surface area (Å²) >= 11 is 0. The first kappa shape index (κ1) is 10.3. The Morgan fingerprint density at radius 3 is 1.20 bits per heavy atom. The van der Waals surface area contributed by atoms with Crippen molar-refractivity contribution in [2.24, 2.45) is 0 Å². The van der Waals surface area contributed by atoms with Gasteiger partial charge in [0.1, 0.15) is 0 Å². The van der Waals surface area contributed by atoms with Gasteiger partial charge in [0.25, 0.3) is 0 Å². The number of hydrogen-bond donors (Lipinski definition) is 0. The van der Waals surface area contributed by atoms with Crippen molar-refractivity contribution >= 4 is 0 Å². The van der Waals surface area contributed by atoms with Gasteiger partial charge in [0.15, 0.2) is 0 Å². The molecule has 1 aromatic carbocycles. The summed E-state index contributed by atoms with van der Waals surface area (Å²) in [5.74, 6) is 0. The van der Waals surface area contributed by atoms with E-state index in [9.17, 15) is 0 Å². The van der Waals surface area contributed by atoms with Crippen molar-refractivity contribution in [3.8, 4) is 0 Å². The van der Waals surface area contributed by atoms with Crippen LogP contribution in [0.2, 0.25) is 0 Å². The molecular weight excluding hydrogens is 131 g/mol. The van der Waals surface area contributed by atoms with E-state index >= 15 is 0 Å². The number of hydrogen-bond acceptors (Lipinski definition) is 0. The van der Waals surface area contributed by atoms with Crippen LogP contribution in [0.25, 0.3) is 0 Å². The van der Waals surface area contributed by atoms with E-state index < -0.39 is 0 Å². The van der Waals surface area contributed by atoms with E-state index in [1.165, 1.54) is 22.3 Å². The van der Waals surface area contributed by atoms with Crippen molar-refractivity contribution in [3.05, 3.63) is 28.3 Å². The Bertz CT molecular complexity index is 198. The van der Waals surface area contributed by atoms with Crippen molar-refractivity contribution in [2.75, 3.05) is 0 Å². The molecule has 10 heavy (non-hydrogen) atoms. The minimum Gasteiger partial charge on any atom is -0.196 e. The first-order chi connectivity index (χ1) is 4.13. The van der Waals surface area contributed by atoms with E-state index in [0.717, 1.165) is 0 Å². The fraction of sp³-hybridized carbons (Fsp3) is 0.444. The third-order valence-corrected chi connectivity index (χ3v) is 2.18. The van der Waals surface area contributed by atoms with Gasteiger partial charge < -0.3 is 0 Å². The summed E-state index contributed by atoms with van der Waals surface area (Å²) in [6, 6.07) is 2.24. The summed E-state index contributed by atoms with van der Waals surface area (Å²) in [4.78, 5) is 0. The van der Waals surface area contributed by atoms with Crippen molar-refractivity contribution < 1.29 is 29.6 Å². The van der Waals surface area contributed by atoms with E-state index in [4.69, 9.17) is 0 Å². The van der Waals surface area contributed by atoms with Gasteiger partial charge in [-0.05, 0) is 0 Å². The summed E-state index contributed by atoms with van der Waals surface area (Å²) in [6.07, 6.45) is 0. The van der Waals surface area contributed by atoms with Crippen molar-refractivity contribution in [1.29, 1.82) is 0 Å². The molecule has 0 atom stereocenters. The van der Waals surface area contributed by atoms with Gasteiger partial charge in [-0.25, -0.2) is 0 Å². The zero-order valence-corrected chi connectivity index (χ0v) is 9.58. The van der Waals surface area contributed by atoms with Crippen LogP contribution in [0.5, 0.6) is 0 Å². The Hall–Kier alpha value is 0.350. The molecule has 50 valence electrons. The molecule has 0 spiro atoms. The Balaban J connectivity index is 0.000000810. The average molecular weight is 144 g/mol. The molecule has 0 heterocycles. The molecule has 1 aromatic rings. The van der Waals surface area contributed by atoms with Crippen LogP contribution in [0.3, 0.4) is 0 Å². The van der Waals surface area contributed by atoms with Crippen LogP contribution in [0.15, 0.2) is 6.07 Å². The van der Waals surface area contributed by atoms with Crippen LogP contribution in [0, 0.1) is 27.7 Å². The van der Waals surface area contributed by atoms with E-state index in [1.807, 2.05) is 0 Å². The van der Waals surface area contributed by atoms with Crippen LogP contribution in [0.1, 0.15) is 22.3 Å². The van der Waals surface area contributed by atoms with Crippen molar-refractivity contribution in [1.82, 2.24) is 0 Å². The molecule has 0 aliphatic heterocycles. The fourth-order valence-electron chi connectivity index (χ4n) is 1.13.